The fourth-order valence-corrected chi connectivity index (χ4v) is 2.06. The number of urea groups is 1. The van der Waals surface area contributed by atoms with Gasteiger partial charge in [0, 0.05) is 5.69 Å². The lowest BCUT2D eigenvalue weighted by Crippen LogP contribution is -2.19. The molecule has 0 radical (unpaired) electrons. The Hall–Kier alpha value is -3.22. The Morgan fingerprint density at radius 3 is 2.00 bits per heavy atom. The number of benzene rings is 2. The number of amides is 2. The standard InChI is InChI=1S/C19H22N2O5/c1-2-11-24-16-7-9-17(10-8-16)25-12-13-26-18(22)14-3-5-15(6-4-14)21-19(20)23/h3-10H,2,11-13H2,1H3,(H3,20,21,23). The van der Waals surface area contributed by atoms with E-state index >= 15 is 0 Å². The molecular weight excluding hydrogens is 336 g/mol. The van der Waals surface area contributed by atoms with E-state index in [1.807, 2.05) is 19.1 Å². The molecule has 0 aliphatic heterocycles. The summed E-state index contributed by atoms with van der Waals surface area (Å²) in [5.41, 5.74) is 5.89. The SMILES string of the molecule is CCCOc1ccc(OCCOC(=O)c2ccc(NC(N)=O)cc2)cc1. The first kappa shape index (κ1) is 19.1. The van der Waals surface area contributed by atoms with Crippen LogP contribution in [0.1, 0.15) is 23.7 Å². The lowest BCUT2D eigenvalue weighted by Gasteiger charge is -2.09. The van der Waals surface area contributed by atoms with Crippen molar-refractivity contribution in [2.75, 3.05) is 25.1 Å². The van der Waals surface area contributed by atoms with Crippen LogP contribution in [0.4, 0.5) is 10.5 Å². The van der Waals surface area contributed by atoms with Crippen LogP contribution in [0, 0.1) is 0 Å². The maximum atomic E-state index is 11.9. The fourth-order valence-electron chi connectivity index (χ4n) is 2.06. The van der Waals surface area contributed by atoms with E-state index in [2.05, 4.69) is 5.32 Å². The number of carbonyl (C=O) groups is 2. The zero-order valence-electron chi connectivity index (χ0n) is 14.6. The first-order valence-electron chi connectivity index (χ1n) is 8.28. The van der Waals surface area contributed by atoms with Crippen LogP contribution in [0.15, 0.2) is 48.5 Å². The first-order valence-corrected chi connectivity index (χ1v) is 8.28. The Kier molecular flexibility index (Phi) is 7.30. The average Bonchev–Trinajstić information content (AvgIpc) is 2.64. The molecule has 138 valence electrons. The van der Waals surface area contributed by atoms with Gasteiger partial charge in [-0.2, -0.15) is 0 Å². The van der Waals surface area contributed by atoms with E-state index < -0.39 is 12.0 Å². The lowest BCUT2D eigenvalue weighted by atomic mass is 10.2. The van der Waals surface area contributed by atoms with Gasteiger partial charge in [-0.3, -0.25) is 0 Å². The highest BCUT2D eigenvalue weighted by Crippen LogP contribution is 2.17. The van der Waals surface area contributed by atoms with E-state index in [4.69, 9.17) is 19.9 Å². The molecule has 0 aromatic heterocycles. The summed E-state index contributed by atoms with van der Waals surface area (Å²) in [5.74, 6) is 0.995. The second kappa shape index (κ2) is 9.93. The van der Waals surface area contributed by atoms with Gasteiger partial charge in [0.15, 0.2) is 0 Å². The van der Waals surface area contributed by atoms with Crippen molar-refractivity contribution in [3.63, 3.8) is 0 Å². The molecule has 26 heavy (non-hydrogen) atoms. The Labute approximate surface area is 152 Å². The van der Waals surface area contributed by atoms with Crippen LogP contribution in [-0.2, 0) is 4.74 Å². The summed E-state index contributed by atoms with van der Waals surface area (Å²) in [5, 5.41) is 2.41. The molecule has 0 unspecified atom stereocenters. The third-order valence-electron chi connectivity index (χ3n) is 3.27. The summed E-state index contributed by atoms with van der Waals surface area (Å²) in [6.45, 7) is 3.08. The summed E-state index contributed by atoms with van der Waals surface area (Å²) in [6.07, 6.45) is 0.952. The average molecular weight is 358 g/mol. The van der Waals surface area contributed by atoms with Gasteiger partial charge in [0.25, 0.3) is 0 Å². The Morgan fingerprint density at radius 1 is 0.885 bits per heavy atom. The number of esters is 1. The third kappa shape index (κ3) is 6.35. The molecule has 2 aromatic carbocycles. The van der Waals surface area contributed by atoms with Crippen LogP contribution in [0.2, 0.25) is 0 Å². The van der Waals surface area contributed by atoms with Gasteiger partial charge in [0.05, 0.1) is 12.2 Å². The molecule has 2 amide bonds. The zero-order chi connectivity index (χ0) is 18.8. The van der Waals surface area contributed by atoms with Crippen molar-refractivity contribution in [3.8, 4) is 11.5 Å². The maximum Gasteiger partial charge on any atom is 0.338 e. The number of rotatable bonds is 9. The molecule has 0 aliphatic carbocycles. The van der Waals surface area contributed by atoms with E-state index in [1.54, 1.807) is 36.4 Å². The summed E-state index contributed by atoms with van der Waals surface area (Å²) >= 11 is 0. The van der Waals surface area contributed by atoms with E-state index in [-0.39, 0.29) is 13.2 Å². The van der Waals surface area contributed by atoms with E-state index in [9.17, 15) is 9.59 Å². The van der Waals surface area contributed by atoms with Gasteiger partial charge < -0.3 is 25.3 Å². The molecule has 0 atom stereocenters. The van der Waals surface area contributed by atoms with Crippen molar-refractivity contribution in [2.24, 2.45) is 5.73 Å². The summed E-state index contributed by atoms with van der Waals surface area (Å²) in [4.78, 5) is 22.7. The van der Waals surface area contributed by atoms with Gasteiger partial charge in [-0.1, -0.05) is 6.92 Å². The van der Waals surface area contributed by atoms with E-state index in [0.717, 1.165) is 12.2 Å². The van der Waals surface area contributed by atoms with Crippen molar-refractivity contribution in [1.29, 1.82) is 0 Å². The molecule has 0 bridgehead atoms. The van der Waals surface area contributed by atoms with Gasteiger partial charge in [0.1, 0.15) is 24.7 Å². The van der Waals surface area contributed by atoms with Crippen molar-refractivity contribution < 1.29 is 23.8 Å². The molecule has 0 saturated carbocycles. The van der Waals surface area contributed by atoms with Crippen LogP contribution in [0.25, 0.3) is 0 Å². The molecule has 0 fully saturated rings. The molecule has 0 aliphatic rings. The number of ether oxygens (including phenoxy) is 3. The number of anilines is 1. The van der Waals surface area contributed by atoms with E-state index in [1.165, 1.54) is 0 Å². The van der Waals surface area contributed by atoms with Crippen LogP contribution in [0.3, 0.4) is 0 Å². The molecule has 0 heterocycles. The predicted molar refractivity (Wildman–Crippen MR) is 97.7 cm³/mol. The highest BCUT2D eigenvalue weighted by Gasteiger charge is 2.07. The van der Waals surface area contributed by atoms with Crippen LogP contribution in [0.5, 0.6) is 11.5 Å². The number of carbonyl (C=O) groups excluding carboxylic acids is 2. The minimum absolute atomic E-state index is 0.119. The van der Waals surface area contributed by atoms with Crippen LogP contribution < -0.4 is 20.5 Å². The maximum absolute atomic E-state index is 11.9. The van der Waals surface area contributed by atoms with Gasteiger partial charge in [0.2, 0.25) is 0 Å². The summed E-state index contributed by atoms with van der Waals surface area (Å²) in [6, 6.07) is 12.8. The smallest absolute Gasteiger partial charge is 0.338 e. The molecule has 2 rings (SSSR count). The topological polar surface area (TPSA) is 99.9 Å². The third-order valence-corrected chi connectivity index (χ3v) is 3.27. The zero-order valence-corrected chi connectivity index (χ0v) is 14.6. The molecule has 7 heteroatoms. The minimum Gasteiger partial charge on any atom is -0.494 e. The number of hydrogen-bond acceptors (Lipinski definition) is 5. The van der Waals surface area contributed by atoms with Gasteiger partial charge in [-0.15, -0.1) is 0 Å². The Morgan fingerprint density at radius 2 is 1.46 bits per heavy atom. The largest absolute Gasteiger partial charge is 0.494 e. The number of nitrogens with one attached hydrogen (secondary N) is 1. The normalized spacial score (nSPS) is 10.0. The van der Waals surface area contributed by atoms with Crippen molar-refractivity contribution in [3.05, 3.63) is 54.1 Å². The number of primary amides is 1. The highest BCUT2D eigenvalue weighted by molar-refractivity contribution is 5.91. The quantitative estimate of drug-likeness (QED) is 0.530. The number of nitrogens with two attached hydrogens (primary N) is 1. The highest BCUT2D eigenvalue weighted by atomic mass is 16.6. The predicted octanol–water partition coefficient (Wildman–Crippen LogP) is 3.20. The fraction of sp³-hybridized carbons (Fsp3) is 0.263. The second-order valence-electron chi connectivity index (χ2n) is 5.37. The molecule has 0 spiro atoms. The molecular formula is C19H22N2O5. The minimum atomic E-state index is -0.664. The molecule has 3 N–H and O–H groups in total. The number of hydrogen-bond donors (Lipinski definition) is 2. The van der Waals surface area contributed by atoms with Crippen LogP contribution >= 0.6 is 0 Å². The van der Waals surface area contributed by atoms with Crippen molar-refractivity contribution >= 4 is 17.7 Å². The van der Waals surface area contributed by atoms with Gasteiger partial charge in [-0.25, -0.2) is 9.59 Å². The second-order valence-corrected chi connectivity index (χ2v) is 5.37. The lowest BCUT2D eigenvalue weighted by molar-refractivity contribution is 0.0450. The van der Waals surface area contributed by atoms with Gasteiger partial charge >= 0.3 is 12.0 Å². The summed E-state index contributed by atoms with van der Waals surface area (Å²) < 4.78 is 16.2. The van der Waals surface area contributed by atoms with Gasteiger partial charge in [-0.05, 0) is 55.0 Å². The van der Waals surface area contributed by atoms with Crippen LogP contribution in [-0.4, -0.2) is 31.8 Å². The monoisotopic (exact) mass is 358 g/mol. The van der Waals surface area contributed by atoms with Crippen molar-refractivity contribution in [1.82, 2.24) is 0 Å². The molecule has 2 aromatic rings. The Bertz CT molecular complexity index is 714. The van der Waals surface area contributed by atoms with Crippen molar-refractivity contribution in [2.45, 2.75) is 13.3 Å². The molecule has 7 nitrogen and oxygen atoms in total. The van der Waals surface area contributed by atoms with E-state index in [0.29, 0.717) is 23.6 Å². The molecule has 0 saturated heterocycles. The Balaban J connectivity index is 1.71. The summed E-state index contributed by atoms with van der Waals surface area (Å²) in [7, 11) is 0. The first-order chi connectivity index (χ1) is 12.6.